The molecule has 3 rings (SSSR count). The number of thiazole rings is 1. The van der Waals surface area contributed by atoms with Crippen molar-refractivity contribution in [3.05, 3.63) is 65.0 Å². The van der Waals surface area contributed by atoms with Gasteiger partial charge in [-0.25, -0.2) is 13.8 Å². The van der Waals surface area contributed by atoms with Gasteiger partial charge in [-0.1, -0.05) is 18.2 Å². The summed E-state index contributed by atoms with van der Waals surface area (Å²) in [5.74, 6) is -1.57. The Morgan fingerprint density at radius 3 is 2.76 bits per heavy atom. The number of rotatable bonds is 5. The van der Waals surface area contributed by atoms with Crippen LogP contribution in [0.15, 0.2) is 47.8 Å². The molecule has 1 amide bonds. The molecule has 25 heavy (non-hydrogen) atoms. The molecule has 0 unspecified atom stereocenters. The Labute approximate surface area is 147 Å². The summed E-state index contributed by atoms with van der Waals surface area (Å²) < 4.78 is 31.7. The number of hydrogen-bond donors (Lipinski definition) is 1. The molecule has 0 aliphatic carbocycles. The monoisotopic (exact) mass is 360 g/mol. The number of aromatic nitrogens is 1. The third-order valence-electron chi connectivity index (χ3n) is 3.42. The number of amides is 1. The van der Waals surface area contributed by atoms with E-state index in [-0.39, 0.29) is 12.5 Å². The fraction of sp³-hybridized carbons (Fsp3) is 0.111. The van der Waals surface area contributed by atoms with E-state index < -0.39 is 11.6 Å². The summed E-state index contributed by atoms with van der Waals surface area (Å²) in [7, 11) is 0. The lowest BCUT2D eigenvalue weighted by Gasteiger charge is -2.08. The second-order valence-corrected chi connectivity index (χ2v) is 6.13. The number of carbonyl (C=O) groups is 1. The smallest absolute Gasteiger partial charge is 0.264 e. The molecule has 0 aliphatic heterocycles. The van der Waals surface area contributed by atoms with Crippen molar-refractivity contribution in [3.63, 3.8) is 0 Å². The lowest BCUT2D eigenvalue weighted by molar-refractivity contribution is -0.118. The summed E-state index contributed by atoms with van der Waals surface area (Å²) in [6.07, 6.45) is 0. The lowest BCUT2D eigenvalue weighted by Crippen LogP contribution is -2.20. The van der Waals surface area contributed by atoms with Crippen molar-refractivity contribution in [1.82, 2.24) is 4.98 Å². The van der Waals surface area contributed by atoms with Gasteiger partial charge in [0.05, 0.1) is 5.69 Å². The minimum atomic E-state index is -0.942. The molecule has 0 saturated carbocycles. The second kappa shape index (κ2) is 7.40. The average molecular weight is 360 g/mol. The van der Waals surface area contributed by atoms with E-state index >= 15 is 0 Å². The zero-order valence-corrected chi connectivity index (χ0v) is 14.1. The third-order valence-corrected chi connectivity index (χ3v) is 4.18. The van der Waals surface area contributed by atoms with E-state index in [4.69, 9.17) is 4.74 Å². The van der Waals surface area contributed by atoms with Crippen molar-refractivity contribution in [2.45, 2.75) is 6.92 Å². The fourth-order valence-corrected chi connectivity index (χ4v) is 2.87. The van der Waals surface area contributed by atoms with E-state index in [1.807, 2.05) is 25.1 Å². The zero-order valence-electron chi connectivity index (χ0n) is 13.3. The van der Waals surface area contributed by atoms with Crippen LogP contribution in [0.4, 0.5) is 13.9 Å². The van der Waals surface area contributed by atoms with Gasteiger partial charge in [-0.2, -0.15) is 0 Å². The molecule has 0 fully saturated rings. The highest BCUT2D eigenvalue weighted by atomic mass is 32.1. The van der Waals surface area contributed by atoms with Crippen LogP contribution in [-0.4, -0.2) is 17.5 Å². The van der Waals surface area contributed by atoms with Gasteiger partial charge >= 0.3 is 0 Å². The molecule has 0 spiro atoms. The molecule has 1 heterocycles. The van der Waals surface area contributed by atoms with Crippen LogP contribution in [0.5, 0.6) is 5.75 Å². The number of hydrogen-bond acceptors (Lipinski definition) is 4. The van der Waals surface area contributed by atoms with Crippen molar-refractivity contribution >= 4 is 22.4 Å². The number of ether oxygens (including phenoxy) is 1. The van der Waals surface area contributed by atoms with E-state index in [9.17, 15) is 13.6 Å². The van der Waals surface area contributed by atoms with Gasteiger partial charge in [-0.05, 0) is 36.8 Å². The van der Waals surface area contributed by atoms with Crippen molar-refractivity contribution < 1.29 is 18.3 Å². The standard InChI is InChI=1S/C18H14F2N2O2S/c1-11-4-2-3-5-16(11)24-9-17(23)22-18-21-15(10-25-18)12-6-7-13(19)14(20)8-12/h2-8,10H,9H2,1H3,(H,21,22,23). The van der Waals surface area contributed by atoms with Crippen molar-refractivity contribution in [2.75, 3.05) is 11.9 Å². The van der Waals surface area contributed by atoms with Crippen molar-refractivity contribution in [2.24, 2.45) is 0 Å². The Kier molecular flexibility index (Phi) is 5.04. The average Bonchev–Trinajstić information content (AvgIpc) is 3.05. The number of para-hydroxylation sites is 1. The Balaban J connectivity index is 1.62. The SMILES string of the molecule is Cc1ccccc1OCC(=O)Nc1nc(-c2ccc(F)c(F)c2)cs1. The number of nitrogens with zero attached hydrogens (tertiary/aromatic N) is 1. The van der Waals surface area contributed by atoms with E-state index in [0.29, 0.717) is 22.1 Å². The summed E-state index contributed by atoms with van der Waals surface area (Å²) in [6.45, 7) is 1.74. The Hall–Kier alpha value is -2.80. The van der Waals surface area contributed by atoms with Gasteiger partial charge in [-0.15, -0.1) is 11.3 Å². The summed E-state index contributed by atoms with van der Waals surface area (Å²) >= 11 is 1.19. The van der Waals surface area contributed by atoms with Crippen LogP contribution in [0, 0.1) is 18.6 Å². The van der Waals surface area contributed by atoms with Crippen LogP contribution >= 0.6 is 11.3 Å². The van der Waals surface area contributed by atoms with Gasteiger partial charge in [0.2, 0.25) is 0 Å². The van der Waals surface area contributed by atoms with Gasteiger partial charge < -0.3 is 4.74 Å². The van der Waals surface area contributed by atoms with E-state index in [0.717, 1.165) is 17.7 Å². The van der Waals surface area contributed by atoms with Crippen LogP contribution in [0.2, 0.25) is 0 Å². The maximum absolute atomic E-state index is 13.3. The van der Waals surface area contributed by atoms with Crippen LogP contribution in [0.3, 0.4) is 0 Å². The number of halogens is 2. The van der Waals surface area contributed by atoms with E-state index in [2.05, 4.69) is 10.3 Å². The van der Waals surface area contributed by atoms with Crippen LogP contribution < -0.4 is 10.1 Å². The lowest BCUT2D eigenvalue weighted by atomic mass is 10.2. The Bertz CT molecular complexity index is 912. The molecule has 3 aromatic rings. The summed E-state index contributed by atoms with van der Waals surface area (Å²) in [5, 5.41) is 4.64. The molecule has 0 bridgehead atoms. The highest BCUT2D eigenvalue weighted by Gasteiger charge is 2.11. The molecule has 1 aromatic heterocycles. The van der Waals surface area contributed by atoms with Crippen LogP contribution in [0.1, 0.15) is 5.56 Å². The minimum Gasteiger partial charge on any atom is -0.483 e. The first-order valence-corrected chi connectivity index (χ1v) is 8.30. The fourth-order valence-electron chi connectivity index (χ4n) is 2.14. The van der Waals surface area contributed by atoms with Crippen LogP contribution in [-0.2, 0) is 4.79 Å². The number of nitrogens with one attached hydrogen (secondary N) is 1. The molecule has 1 N–H and O–H groups in total. The van der Waals surface area contributed by atoms with Gasteiger partial charge in [0.15, 0.2) is 23.4 Å². The molecular formula is C18H14F2N2O2S. The third kappa shape index (κ3) is 4.19. The largest absolute Gasteiger partial charge is 0.483 e. The predicted octanol–water partition coefficient (Wildman–Crippen LogP) is 4.41. The molecule has 128 valence electrons. The van der Waals surface area contributed by atoms with Gasteiger partial charge in [0, 0.05) is 10.9 Å². The predicted molar refractivity (Wildman–Crippen MR) is 92.8 cm³/mol. The molecule has 0 aliphatic rings. The number of benzene rings is 2. The molecular weight excluding hydrogens is 346 g/mol. The Morgan fingerprint density at radius 1 is 1.20 bits per heavy atom. The number of anilines is 1. The van der Waals surface area contributed by atoms with Gasteiger partial charge in [0.25, 0.3) is 5.91 Å². The molecule has 7 heteroatoms. The molecule has 0 atom stereocenters. The first kappa shape index (κ1) is 17.0. The summed E-state index contributed by atoms with van der Waals surface area (Å²) in [5.41, 5.74) is 1.83. The highest BCUT2D eigenvalue weighted by molar-refractivity contribution is 7.14. The maximum Gasteiger partial charge on any atom is 0.264 e. The second-order valence-electron chi connectivity index (χ2n) is 5.27. The topological polar surface area (TPSA) is 51.2 Å². The highest BCUT2D eigenvalue weighted by Crippen LogP contribution is 2.26. The molecule has 0 saturated heterocycles. The summed E-state index contributed by atoms with van der Waals surface area (Å²) in [6, 6.07) is 10.9. The number of carbonyl (C=O) groups excluding carboxylic acids is 1. The van der Waals surface area contributed by atoms with Gasteiger partial charge in [0.1, 0.15) is 5.75 Å². The molecule has 4 nitrogen and oxygen atoms in total. The van der Waals surface area contributed by atoms with Crippen LogP contribution in [0.25, 0.3) is 11.3 Å². The maximum atomic E-state index is 13.3. The molecule has 2 aromatic carbocycles. The summed E-state index contributed by atoms with van der Waals surface area (Å²) in [4.78, 5) is 16.2. The van der Waals surface area contributed by atoms with E-state index in [1.54, 1.807) is 11.4 Å². The van der Waals surface area contributed by atoms with E-state index in [1.165, 1.54) is 17.4 Å². The van der Waals surface area contributed by atoms with Crippen molar-refractivity contribution in [3.8, 4) is 17.0 Å². The van der Waals surface area contributed by atoms with Gasteiger partial charge in [-0.3, -0.25) is 10.1 Å². The minimum absolute atomic E-state index is 0.148. The van der Waals surface area contributed by atoms with Crippen molar-refractivity contribution in [1.29, 1.82) is 0 Å². The first-order valence-electron chi connectivity index (χ1n) is 7.42. The molecule has 0 radical (unpaired) electrons. The quantitative estimate of drug-likeness (QED) is 0.733. The normalized spacial score (nSPS) is 10.5. The first-order chi connectivity index (χ1) is 12.0. The number of aryl methyl sites for hydroxylation is 1. The Morgan fingerprint density at radius 2 is 2.00 bits per heavy atom. The zero-order chi connectivity index (χ0) is 17.8.